The van der Waals surface area contributed by atoms with Crippen LogP contribution in [0.3, 0.4) is 0 Å². The molecule has 1 amide bonds. The third kappa shape index (κ3) is 8.95. The molecule has 172 valence electrons. The summed E-state index contributed by atoms with van der Waals surface area (Å²) in [6, 6.07) is 13.7. The van der Waals surface area contributed by atoms with Gasteiger partial charge in [-0.05, 0) is 56.2 Å². The second-order valence-corrected chi connectivity index (χ2v) is 8.14. The highest BCUT2D eigenvalue weighted by Crippen LogP contribution is 2.12. The fraction of sp³-hybridized carbons (Fsp3) is 0.348. The molecule has 0 saturated heterocycles. The van der Waals surface area contributed by atoms with Crippen molar-refractivity contribution in [2.45, 2.75) is 39.6 Å². The molecule has 0 saturated carbocycles. The molecule has 0 spiro atoms. The van der Waals surface area contributed by atoms with Gasteiger partial charge >= 0.3 is 18.0 Å². The van der Waals surface area contributed by atoms with E-state index >= 15 is 0 Å². The number of nitrogens with two attached hydrogens (primary N) is 2. The molecular weight excluding hydrogens is 414 g/mol. The van der Waals surface area contributed by atoms with Crippen molar-refractivity contribution in [3.8, 4) is 0 Å². The van der Waals surface area contributed by atoms with Crippen LogP contribution < -0.4 is 11.5 Å². The van der Waals surface area contributed by atoms with E-state index in [1.807, 2.05) is 0 Å². The Labute approximate surface area is 187 Å². The molecule has 4 N–H and O–H groups in total. The fourth-order valence-electron chi connectivity index (χ4n) is 2.47. The largest absolute Gasteiger partial charge is 0.459 e. The van der Waals surface area contributed by atoms with Crippen LogP contribution in [0.5, 0.6) is 0 Å². The van der Waals surface area contributed by atoms with Crippen molar-refractivity contribution in [3.05, 3.63) is 59.7 Å². The van der Waals surface area contributed by atoms with E-state index in [4.69, 9.17) is 25.7 Å². The average Bonchev–Trinajstić information content (AvgIpc) is 2.71. The zero-order valence-corrected chi connectivity index (χ0v) is 18.5. The lowest BCUT2D eigenvalue weighted by atomic mass is 10.2. The number of benzene rings is 2. The number of hydrogen-bond acceptors (Lipinski definition) is 8. The van der Waals surface area contributed by atoms with Gasteiger partial charge in [0.1, 0.15) is 31.9 Å². The van der Waals surface area contributed by atoms with E-state index < -0.39 is 36.7 Å². The number of rotatable bonds is 8. The lowest BCUT2D eigenvalue weighted by molar-refractivity contribution is -0.149. The molecule has 0 aliphatic heterocycles. The zero-order chi connectivity index (χ0) is 23.7. The van der Waals surface area contributed by atoms with E-state index in [-0.39, 0.29) is 13.2 Å². The molecule has 0 aliphatic rings. The van der Waals surface area contributed by atoms with E-state index in [2.05, 4.69) is 0 Å². The van der Waals surface area contributed by atoms with E-state index in [0.29, 0.717) is 11.4 Å². The Morgan fingerprint density at radius 1 is 0.750 bits per heavy atom. The lowest BCUT2D eigenvalue weighted by Crippen LogP contribution is -2.43. The van der Waals surface area contributed by atoms with Gasteiger partial charge in [-0.2, -0.15) is 0 Å². The van der Waals surface area contributed by atoms with E-state index in [1.54, 1.807) is 69.3 Å². The predicted octanol–water partition coefficient (Wildman–Crippen LogP) is 2.87. The maximum atomic E-state index is 12.5. The van der Waals surface area contributed by atoms with Crippen molar-refractivity contribution in [2.24, 2.45) is 0 Å². The van der Waals surface area contributed by atoms with Crippen LogP contribution in [0.4, 0.5) is 16.2 Å². The van der Waals surface area contributed by atoms with Gasteiger partial charge < -0.3 is 25.7 Å². The van der Waals surface area contributed by atoms with Crippen LogP contribution in [0.1, 0.15) is 31.9 Å². The molecule has 0 heterocycles. The van der Waals surface area contributed by atoms with Crippen molar-refractivity contribution >= 4 is 29.4 Å². The monoisotopic (exact) mass is 443 g/mol. The highest BCUT2D eigenvalue weighted by atomic mass is 16.6. The Morgan fingerprint density at radius 2 is 1.12 bits per heavy atom. The Kier molecular flexibility index (Phi) is 8.46. The van der Waals surface area contributed by atoms with Gasteiger partial charge in [0.25, 0.3) is 0 Å². The molecule has 2 aromatic carbocycles. The Hall–Kier alpha value is -3.75. The smallest absolute Gasteiger partial charge is 0.411 e. The summed E-state index contributed by atoms with van der Waals surface area (Å²) < 4.78 is 15.7. The van der Waals surface area contributed by atoms with Gasteiger partial charge in [0.2, 0.25) is 0 Å². The Bertz CT molecular complexity index is 857. The third-order valence-electron chi connectivity index (χ3n) is 4.05. The van der Waals surface area contributed by atoms with Gasteiger partial charge in [-0.25, -0.2) is 4.79 Å². The minimum absolute atomic E-state index is 0.00283. The molecule has 0 unspecified atom stereocenters. The van der Waals surface area contributed by atoms with Crippen molar-refractivity contribution in [1.29, 1.82) is 0 Å². The minimum Gasteiger partial charge on any atom is -0.459 e. The molecule has 9 heteroatoms. The number of amides is 1. The second-order valence-electron chi connectivity index (χ2n) is 8.14. The lowest BCUT2D eigenvalue weighted by Gasteiger charge is -2.26. The summed E-state index contributed by atoms with van der Waals surface area (Å²) in [4.78, 5) is 38.1. The number of carbonyl (C=O) groups is 3. The molecule has 0 atom stereocenters. The van der Waals surface area contributed by atoms with Crippen molar-refractivity contribution in [2.75, 3.05) is 24.6 Å². The maximum absolute atomic E-state index is 12.5. The zero-order valence-electron chi connectivity index (χ0n) is 18.5. The minimum atomic E-state index is -0.827. The predicted molar refractivity (Wildman–Crippen MR) is 119 cm³/mol. The van der Waals surface area contributed by atoms with Crippen LogP contribution in [-0.4, -0.2) is 41.6 Å². The summed E-state index contributed by atoms with van der Waals surface area (Å²) in [5, 5.41) is 0. The molecule has 32 heavy (non-hydrogen) atoms. The molecule has 0 aliphatic carbocycles. The Morgan fingerprint density at radius 3 is 1.47 bits per heavy atom. The molecule has 2 rings (SSSR count). The molecule has 0 bridgehead atoms. The number of anilines is 2. The summed E-state index contributed by atoms with van der Waals surface area (Å²) in [7, 11) is 0. The standard InChI is InChI=1S/C23H29N3O6/c1-23(2,3)32-22(29)26(12-20(27)30-14-16-4-8-18(24)9-5-16)13-21(28)31-15-17-6-10-19(25)11-7-17/h4-11H,12-15,24-25H2,1-3H3. The fourth-order valence-corrected chi connectivity index (χ4v) is 2.47. The normalized spacial score (nSPS) is 10.8. The molecule has 0 aromatic heterocycles. The van der Waals surface area contributed by atoms with E-state index in [1.165, 1.54) is 0 Å². The van der Waals surface area contributed by atoms with Gasteiger partial charge in [-0.1, -0.05) is 24.3 Å². The van der Waals surface area contributed by atoms with Gasteiger partial charge in [-0.3, -0.25) is 14.5 Å². The number of nitrogen functional groups attached to an aromatic ring is 2. The topological polar surface area (TPSA) is 134 Å². The summed E-state index contributed by atoms with van der Waals surface area (Å²) in [6.45, 7) is 4.11. The van der Waals surface area contributed by atoms with Crippen LogP contribution in [0, 0.1) is 0 Å². The SMILES string of the molecule is CC(C)(C)OC(=O)N(CC(=O)OCc1ccc(N)cc1)CC(=O)OCc1ccc(N)cc1. The number of carbonyl (C=O) groups excluding carboxylic acids is 3. The van der Waals surface area contributed by atoms with Crippen molar-refractivity contribution < 1.29 is 28.6 Å². The van der Waals surface area contributed by atoms with Crippen molar-refractivity contribution in [1.82, 2.24) is 4.90 Å². The summed E-state index contributed by atoms with van der Waals surface area (Å²) in [6.07, 6.45) is -0.827. The van der Waals surface area contributed by atoms with Crippen molar-refractivity contribution in [3.63, 3.8) is 0 Å². The number of ether oxygens (including phenoxy) is 3. The second kappa shape index (κ2) is 11.0. The van der Waals surface area contributed by atoms with Crippen LogP contribution >= 0.6 is 0 Å². The van der Waals surface area contributed by atoms with Crippen LogP contribution in [0.15, 0.2) is 48.5 Å². The van der Waals surface area contributed by atoms with Crippen LogP contribution in [-0.2, 0) is 37.0 Å². The highest BCUT2D eigenvalue weighted by Gasteiger charge is 2.27. The van der Waals surface area contributed by atoms with Gasteiger partial charge in [-0.15, -0.1) is 0 Å². The molecule has 9 nitrogen and oxygen atoms in total. The summed E-state index contributed by atoms with van der Waals surface area (Å²) in [5.41, 5.74) is 13.1. The van der Waals surface area contributed by atoms with Gasteiger partial charge in [0.15, 0.2) is 0 Å². The first-order valence-corrected chi connectivity index (χ1v) is 10.00. The summed E-state index contributed by atoms with van der Waals surface area (Å²) >= 11 is 0. The number of esters is 2. The first-order chi connectivity index (χ1) is 15.0. The van der Waals surface area contributed by atoms with Crippen LogP contribution in [0.25, 0.3) is 0 Å². The quantitative estimate of drug-likeness (QED) is 0.361. The molecule has 0 fully saturated rings. The molecule has 2 aromatic rings. The first kappa shape index (κ1) is 24.5. The van der Waals surface area contributed by atoms with Gasteiger partial charge in [0, 0.05) is 11.4 Å². The molecular formula is C23H29N3O6. The maximum Gasteiger partial charge on any atom is 0.411 e. The first-order valence-electron chi connectivity index (χ1n) is 10.00. The summed E-state index contributed by atoms with van der Waals surface area (Å²) in [5.74, 6) is -1.39. The Balaban J connectivity index is 1.95. The average molecular weight is 444 g/mol. The van der Waals surface area contributed by atoms with E-state index in [0.717, 1.165) is 16.0 Å². The highest BCUT2D eigenvalue weighted by molar-refractivity contribution is 5.82. The van der Waals surface area contributed by atoms with Gasteiger partial charge in [0.05, 0.1) is 0 Å². The van der Waals surface area contributed by atoms with Crippen LogP contribution in [0.2, 0.25) is 0 Å². The third-order valence-corrected chi connectivity index (χ3v) is 4.05. The number of nitrogens with zero attached hydrogens (tertiary/aromatic N) is 1. The molecule has 0 radical (unpaired) electrons. The van der Waals surface area contributed by atoms with E-state index in [9.17, 15) is 14.4 Å². The number of hydrogen-bond donors (Lipinski definition) is 2.